The Morgan fingerprint density at radius 2 is 2.31 bits per heavy atom. The van der Waals surface area contributed by atoms with Crippen molar-refractivity contribution >= 4 is 5.91 Å². The molecule has 0 aromatic carbocycles. The lowest BCUT2D eigenvalue weighted by atomic mass is 9.93. The first-order chi connectivity index (χ1) is 7.74. The van der Waals surface area contributed by atoms with Gasteiger partial charge in [0.15, 0.2) is 0 Å². The number of piperidine rings is 1. The van der Waals surface area contributed by atoms with E-state index >= 15 is 0 Å². The molecule has 0 radical (unpaired) electrons. The molecule has 3 nitrogen and oxygen atoms in total. The van der Waals surface area contributed by atoms with Crippen LogP contribution in [0.3, 0.4) is 0 Å². The van der Waals surface area contributed by atoms with E-state index in [9.17, 15) is 4.79 Å². The summed E-state index contributed by atoms with van der Waals surface area (Å²) in [7, 11) is 0. The smallest absolute Gasteiger partial charge is 0.225 e. The average Bonchev–Trinajstić information content (AvgIpc) is 2.72. The summed E-state index contributed by atoms with van der Waals surface area (Å²) < 4.78 is 0. The highest BCUT2D eigenvalue weighted by Gasteiger charge is 2.39. The predicted octanol–water partition coefficient (Wildman–Crippen LogP) is 1.63. The van der Waals surface area contributed by atoms with Crippen LogP contribution in [0.5, 0.6) is 0 Å². The van der Waals surface area contributed by atoms with Crippen molar-refractivity contribution in [2.24, 2.45) is 11.8 Å². The van der Waals surface area contributed by atoms with E-state index in [0.717, 1.165) is 38.4 Å². The van der Waals surface area contributed by atoms with Crippen LogP contribution in [-0.4, -0.2) is 36.5 Å². The van der Waals surface area contributed by atoms with E-state index in [4.69, 9.17) is 0 Å². The first-order valence-electron chi connectivity index (χ1n) is 6.75. The van der Waals surface area contributed by atoms with Crippen LogP contribution in [-0.2, 0) is 4.79 Å². The molecule has 2 heterocycles. The van der Waals surface area contributed by atoms with Gasteiger partial charge >= 0.3 is 0 Å². The molecule has 1 unspecified atom stereocenters. The van der Waals surface area contributed by atoms with Crippen molar-refractivity contribution in [2.45, 2.75) is 45.6 Å². The molecule has 0 aromatic heterocycles. The van der Waals surface area contributed by atoms with Crippen molar-refractivity contribution in [3.05, 3.63) is 0 Å². The fourth-order valence-electron chi connectivity index (χ4n) is 3.18. The largest absolute Gasteiger partial charge is 0.338 e. The number of carbonyl (C=O) groups excluding carboxylic acids is 1. The maximum atomic E-state index is 12.3. The summed E-state index contributed by atoms with van der Waals surface area (Å²) in [5.74, 6) is 1.36. The van der Waals surface area contributed by atoms with Gasteiger partial charge in [-0.2, -0.15) is 0 Å². The highest BCUT2D eigenvalue weighted by molar-refractivity contribution is 5.79. The molecule has 0 saturated carbocycles. The molecule has 2 fully saturated rings. The first-order valence-corrected chi connectivity index (χ1v) is 6.75. The number of hydrogen-bond acceptors (Lipinski definition) is 2. The second-order valence-electron chi connectivity index (χ2n) is 5.33. The number of likely N-dealkylation sites (tertiary alicyclic amines) is 1. The molecule has 2 saturated heterocycles. The van der Waals surface area contributed by atoms with Crippen LogP contribution in [0, 0.1) is 11.8 Å². The van der Waals surface area contributed by atoms with Crippen LogP contribution in [0.15, 0.2) is 0 Å². The second-order valence-corrected chi connectivity index (χ2v) is 5.33. The molecule has 92 valence electrons. The molecule has 0 aromatic rings. The highest BCUT2D eigenvalue weighted by Crippen LogP contribution is 2.30. The fourth-order valence-corrected chi connectivity index (χ4v) is 3.18. The standard InChI is InChI=1S/C13H24N2O/c1-3-4-10(2)13(16)15-8-6-11-5-7-14-9-12(11)15/h10-12,14H,3-9H2,1-2H3/t10?,11-,12-/m0/s1. The Kier molecular flexibility index (Phi) is 3.85. The summed E-state index contributed by atoms with van der Waals surface area (Å²) in [6, 6.07) is 0.487. The van der Waals surface area contributed by atoms with Crippen LogP contribution >= 0.6 is 0 Å². The molecule has 3 heteroatoms. The molecule has 0 aliphatic carbocycles. The van der Waals surface area contributed by atoms with Gasteiger partial charge in [0.05, 0.1) is 0 Å². The minimum atomic E-state index is 0.214. The van der Waals surface area contributed by atoms with Crippen molar-refractivity contribution in [3.8, 4) is 0 Å². The first kappa shape index (κ1) is 11.9. The van der Waals surface area contributed by atoms with Crippen molar-refractivity contribution < 1.29 is 4.79 Å². The van der Waals surface area contributed by atoms with Gasteiger partial charge in [-0.05, 0) is 31.7 Å². The molecule has 2 rings (SSSR count). The lowest BCUT2D eigenvalue weighted by Gasteiger charge is -2.33. The third-order valence-corrected chi connectivity index (χ3v) is 4.16. The minimum absolute atomic E-state index is 0.214. The lowest BCUT2D eigenvalue weighted by Crippen LogP contribution is -2.49. The zero-order valence-corrected chi connectivity index (χ0v) is 10.5. The van der Waals surface area contributed by atoms with Crippen LogP contribution in [0.4, 0.5) is 0 Å². The Balaban J connectivity index is 1.96. The van der Waals surface area contributed by atoms with Gasteiger partial charge in [-0.3, -0.25) is 4.79 Å². The molecule has 16 heavy (non-hydrogen) atoms. The van der Waals surface area contributed by atoms with E-state index in [0.29, 0.717) is 11.9 Å². The molecule has 2 aliphatic rings. The van der Waals surface area contributed by atoms with Crippen LogP contribution < -0.4 is 5.32 Å². The zero-order chi connectivity index (χ0) is 11.5. The second kappa shape index (κ2) is 5.17. The monoisotopic (exact) mass is 224 g/mol. The summed E-state index contributed by atoms with van der Waals surface area (Å²) in [5.41, 5.74) is 0. The van der Waals surface area contributed by atoms with E-state index in [2.05, 4.69) is 24.1 Å². The molecule has 3 atom stereocenters. The minimum Gasteiger partial charge on any atom is -0.338 e. The maximum Gasteiger partial charge on any atom is 0.225 e. The molecule has 1 N–H and O–H groups in total. The van der Waals surface area contributed by atoms with E-state index in [1.165, 1.54) is 12.8 Å². The summed E-state index contributed by atoms with van der Waals surface area (Å²) in [6.07, 6.45) is 4.60. The van der Waals surface area contributed by atoms with Gasteiger partial charge in [-0.1, -0.05) is 20.3 Å². The van der Waals surface area contributed by atoms with Gasteiger partial charge < -0.3 is 10.2 Å². The Bertz CT molecular complexity index is 254. The van der Waals surface area contributed by atoms with E-state index in [1.54, 1.807) is 0 Å². The van der Waals surface area contributed by atoms with Crippen LogP contribution in [0.1, 0.15) is 39.5 Å². The van der Waals surface area contributed by atoms with Crippen LogP contribution in [0.25, 0.3) is 0 Å². The Morgan fingerprint density at radius 1 is 1.50 bits per heavy atom. The molecule has 0 bridgehead atoms. The van der Waals surface area contributed by atoms with E-state index < -0.39 is 0 Å². The summed E-state index contributed by atoms with van der Waals surface area (Å²) in [6.45, 7) is 7.36. The Hall–Kier alpha value is -0.570. The molecular formula is C13H24N2O. The topological polar surface area (TPSA) is 32.3 Å². The van der Waals surface area contributed by atoms with Crippen molar-refractivity contribution in [3.63, 3.8) is 0 Å². The number of nitrogens with one attached hydrogen (secondary N) is 1. The molecule has 0 spiro atoms. The summed E-state index contributed by atoms with van der Waals surface area (Å²) in [5, 5.41) is 3.42. The van der Waals surface area contributed by atoms with Crippen molar-refractivity contribution in [1.82, 2.24) is 10.2 Å². The van der Waals surface area contributed by atoms with E-state index in [-0.39, 0.29) is 5.92 Å². The molecule has 2 aliphatic heterocycles. The van der Waals surface area contributed by atoms with Crippen LogP contribution in [0.2, 0.25) is 0 Å². The van der Waals surface area contributed by atoms with Crippen molar-refractivity contribution in [2.75, 3.05) is 19.6 Å². The SMILES string of the molecule is CCCC(C)C(=O)N1CC[C@@H]2CCNC[C@@H]21. The highest BCUT2D eigenvalue weighted by atomic mass is 16.2. The van der Waals surface area contributed by atoms with Crippen molar-refractivity contribution in [1.29, 1.82) is 0 Å². The average molecular weight is 224 g/mol. The van der Waals surface area contributed by atoms with Gasteiger partial charge in [0, 0.05) is 25.0 Å². The predicted molar refractivity (Wildman–Crippen MR) is 65.2 cm³/mol. The summed E-state index contributed by atoms with van der Waals surface area (Å²) in [4.78, 5) is 14.4. The molecule has 1 amide bonds. The van der Waals surface area contributed by atoms with Gasteiger partial charge in [0.2, 0.25) is 5.91 Å². The number of rotatable bonds is 3. The number of hydrogen-bond donors (Lipinski definition) is 1. The number of nitrogens with zero attached hydrogens (tertiary/aromatic N) is 1. The summed E-state index contributed by atoms with van der Waals surface area (Å²) >= 11 is 0. The molecular weight excluding hydrogens is 200 g/mol. The Labute approximate surface area is 98.6 Å². The lowest BCUT2D eigenvalue weighted by molar-refractivity contribution is -0.136. The van der Waals surface area contributed by atoms with Gasteiger partial charge in [0.1, 0.15) is 0 Å². The fraction of sp³-hybridized carbons (Fsp3) is 0.923. The number of fused-ring (bicyclic) bond motifs is 1. The number of carbonyl (C=O) groups is 1. The number of amides is 1. The third-order valence-electron chi connectivity index (χ3n) is 4.16. The van der Waals surface area contributed by atoms with Gasteiger partial charge in [0.25, 0.3) is 0 Å². The Morgan fingerprint density at radius 3 is 3.06 bits per heavy atom. The maximum absolute atomic E-state index is 12.3. The normalized spacial score (nSPS) is 31.2. The zero-order valence-electron chi connectivity index (χ0n) is 10.5. The van der Waals surface area contributed by atoms with Gasteiger partial charge in [-0.25, -0.2) is 0 Å². The van der Waals surface area contributed by atoms with E-state index in [1.807, 2.05) is 0 Å². The third kappa shape index (κ3) is 2.24. The van der Waals surface area contributed by atoms with Gasteiger partial charge in [-0.15, -0.1) is 0 Å². The quantitative estimate of drug-likeness (QED) is 0.790.